The molecule has 128 valence electrons. The molecule has 1 N–H and O–H groups in total. The van der Waals surface area contributed by atoms with Gasteiger partial charge in [0.1, 0.15) is 5.82 Å². The van der Waals surface area contributed by atoms with Gasteiger partial charge in [0.25, 0.3) is 0 Å². The van der Waals surface area contributed by atoms with E-state index in [1.54, 1.807) is 4.90 Å². The van der Waals surface area contributed by atoms with Crippen LogP contribution in [0.25, 0.3) is 11.3 Å². The van der Waals surface area contributed by atoms with E-state index in [1.807, 2.05) is 30.5 Å². The van der Waals surface area contributed by atoms with Crippen LogP contribution < -0.4 is 0 Å². The lowest BCUT2D eigenvalue weighted by molar-refractivity contribution is 0.0957. The Kier molecular flexibility index (Phi) is 5.56. The van der Waals surface area contributed by atoms with Crippen LogP contribution in [-0.2, 0) is 4.74 Å². The normalized spacial score (nSPS) is 17.2. The number of amides is 1. The zero-order valence-electron chi connectivity index (χ0n) is 13.8. The molecule has 1 fully saturated rings. The van der Waals surface area contributed by atoms with Gasteiger partial charge < -0.3 is 9.72 Å². The number of carbonyl (C=O) groups excluding carboxylic acids is 1. The Morgan fingerprint density at radius 2 is 2.21 bits per heavy atom. The molecule has 1 unspecified atom stereocenters. The zero-order valence-corrected chi connectivity index (χ0v) is 15.4. The highest BCUT2D eigenvalue weighted by atomic mass is 79.9. The van der Waals surface area contributed by atoms with Crippen LogP contribution in [0, 0.1) is 0 Å². The largest absolute Gasteiger partial charge is 0.449 e. The first-order chi connectivity index (χ1) is 11.7. The Morgan fingerprint density at radius 3 is 2.96 bits per heavy atom. The van der Waals surface area contributed by atoms with Gasteiger partial charge in [-0.25, -0.2) is 9.78 Å². The number of halogens is 1. The van der Waals surface area contributed by atoms with E-state index >= 15 is 0 Å². The lowest BCUT2D eigenvalue weighted by atomic mass is 10.2. The predicted octanol–water partition coefficient (Wildman–Crippen LogP) is 4.91. The molecule has 0 radical (unpaired) electrons. The average Bonchev–Trinajstić information content (AvgIpc) is 3.24. The van der Waals surface area contributed by atoms with E-state index in [2.05, 4.69) is 32.8 Å². The van der Waals surface area contributed by atoms with Gasteiger partial charge in [-0.2, -0.15) is 0 Å². The summed E-state index contributed by atoms with van der Waals surface area (Å²) in [6.07, 6.45) is 5.41. The van der Waals surface area contributed by atoms with Crippen molar-refractivity contribution in [1.29, 1.82) is 0 Å². The Hall–Kier alpha value is -1.82. The maximum atomic E-state index is 12.3. The van der Waals surface area contributed by atoms with E-state index in [1.165, 1.54) is 0 Å². The third-order valence-electron chi connectivity index (χ3n) is 4.28. The number of ether oxygens (including phenoxy) is 1. The highest BCUT2D eigenvalue weighted by Gasteiger charge is 2.33. The number of aromatic amines is 1. The third-order valence-corrected chi connectivity index (χ3v) is 4.81. The van der Waals surface area contributed by atoms with Crippen molar-refractivity contribution in [3.63, 3.8) is 0 Å². The first-order valence-electron chi connectivity index (χ1n) is 8.43. The summed E-state index contributed by atoms with van der Waals surface area (Å²) in [4.78, 5) is 21.9. The van der Waals surface area contributed by atoms with E-state index < -0.39 is 0 Å². The molecule has 2 aromatic rings. The molecule has 1 aromatic carbocycles. The molecule has 6 heteroatoms. The van der Waals surface area contributed by atoms with Crippen LogP contribution >= 0.6 is 15.9 Å². The molecule has 1 aliphatic rings. The second kappa shape index (κ2) is 7.83. The molecule has 1 atom stereocenters. The van der Waals surface area contributed by atoms with Crippen LogP contribution in [0.1, 0.15) is 44.5 Å². The fourth-order valence-corrected chi connectivity index (χ4v) is 3.20. The van der Waals surface area contributed by atoms with Gasteiger partial charge in [-0.05, 0) is 37.0 Å². The fourth-order valence-electron chi connectivity index (χ4n) is 2.94. The van der Waals surface area contributed by atoms with E-state index in [9.17, 15) is 4.79 Å². The Morgan fingerprint density at radius 1 is 1.42 bits per heavy atom. The lowest BCUT2D eigenvalue weighted by Gasteiger charge is -2.22. The maximum Gasteiger partial charge on any atom is 0.410 e. The number of hydrogen-bond acceptors (Lipinski definition) is 3. The molecule has 1 aromatic heterocycles. The van der Waals surface area contributed by atoms with Gasteiger partial charge in [-0.15, -0.1) is 0 Å². The topological polar surface area (TPSA) is 58.2 Å². The number of benzene rings is 1. The minimum absolute atomic E-state index is 0.0247. The van der Waals surface area contributed by atoms with E-state index in [0.29, 0.717) is 6.61 Å². The summed E-state index contributed by atoms with van der Waals surface area (Å²) in [5, 5.41) is 0. The summed E-state index contributed by atoms with van der Waals surface area (Å²) < 4.78 is 6.41. The summed E-state index contributed by atoms with van der Waals surface area (Å²) in [7, 11) is 0. The Bertz CT molecular complexity index is 684. The number of imidazole rings is 1. The van der Waals surface area contributed by atoms with Crippen LogP contribution in [0.4, 0.5) is 4.79 Å². The quantitative estimate of drug-likeness (QED) is 0.736. The highest BCUT2D eigenvalue weighted by molar-refractivity contribution is 9.10. The molecular weight excluding hydrogens is 370 g/mol. The van der Waals surface area contributed by atoms with Crippen molar-refractivity contribution in [3.8, 4) is 11.3 Å². The van der Waals surface area contributed by atoms with Crippen LogP contribution in [0.2, 0.25) is 0 Å². The molecule has 0 aliphatic carbocycles. The molecule has 1 amide bonds. The number of aromatic nitrogens is 2. The Balaban J connectivity index is 1.71. The van der Waals surface area contributed by atoms with E-state index in [-0.39, 0.29) is 12.1 Å². The predicted molar refractivity (Wildman–Crippen MR) is 96.7 cm³/mol. The number of H-pyrrole nitrogens is 1. The monoisotopic (exact) mass is 391 g/mol. The smallest absolute Gasteiger partial charge is 0.410 e. The first-order valence-corrected chi connectivity index (χ1v) is 9.22. The number of rotatable bonds is 5. The number of carbonyl (C=O) groups is 1. The van der Waals surface area contributed by atoms with Crippen LogP contribution in [0.5, 0.6) is 0 Å². The minimum atomic E-state index is -0.229. The van der Waals surface area contributed by atoms with Crippen molar-refractivity contribution in [3.05, 3.63) is 40.8 Å². The van der Waals surface area contributed by atoms with E-state index in [0.717, 1.165) is 53.8 Å². The standard InChI is InChI=1S/C18H22BrN3O2/c1-2-3-11-24-18(23)22-10-4-5-16(22)17-20-12-15(21-17)13-6-8-14(19)9-7-13/h6-9,12,16H,2-5,10-11H2,1H3,(H,20,21). The van der Waals surface area contributed by atoms with Crippen molar-refractivity contribution in [2.45, 2.75) is 38.6 Å². The maximum absolute atomic E-state index is 12.3. The van der Waals surface area contributed by atoms with Crippen LogP contribution in [-0.4, -0.2) is 34.1 Å². The molecule has 3 rings (SSSR count). The summed E-state index contributed by atoms with van der Waals surface area (Å²) in [5.41, 5.74) is 2.04. The molecule has 0 bridgehead atoms. The highest BCUT2D eigenvalue weighted by Crippen LogP contribution is 2.32. The van der Waals surface area contributed by atoms with Crippen LogP contribution in [0.3, 0.4) is 0 Å². The molecule has 2 heterocycles. The number of hydrogen-bond donors (Lipinski definition) is 1. The van der Waals surface area contributed by atoms with Gasteiger partial charge in [0, 0.05) is 11.0 Å². The first kappa shape index (κ1) is 17.0. The SMILES string of the molecule is CCCCOC(=O)N1CCCC1c1ncc(-c2ccc(Br)cc2)[nH]1. The molecule has 24 heavy (non-hydrogen) atoms. The van der Waals surface area contributed by atoms with Crippen molar-refractivity contribution in [1.82, 2.24) is 14.9 Å². The van der Waals surface area contributed by atoms with Gasteiger partial charge >= 0.3 is 6.09 Å². The summed E-state index contributed by atoms with van der Waals surface area (Å²) in [6, 6.07) is 8.05. The van der Waals surface area contributed by atoms with Crippen molar-refractivity contribution >= 4 is 22.0 Å². The summed E-state index contributed by atoms with van der Waals surface area (Å²) >= 11 is 3.44. The van der Waals surface area contributed by atoms with Crippen molar-refractivity contribution in [2.24, 2.45) is 0 Å². The molecule has 1 aliphatic heterocycles. The van der Waals surface area contributed by atoms with Gasteiger partial charge in [0.15, 0.2) is 0 Å². The van der Waals surface area contributed by atoms with Gasteiger partial charge in [-0.1, -0.05) is 41.4 Å². The Labute approximate surface area is 150 Å². The summed E-state index contributed by atoms with van der Waals surface area (Å²) in [5.74, 6) is 0.831. The van der Waals surface area contributed by atoms with Gasteiger partial charge in [0.2, 0.25) is 0 Å². The second-order valence-electron chi connectivity index (χ2n) is 6.01. The van der Waals surface area contributed by atoms with E-state index in [4.69, 9.17) is 4.74 Å². The number of nitrogens with one attached hydrogen (secondary N) is 1. The fraction of sp³-hybridized carbons (Fsp3) is 0.444. The lowest BCUT2D eigenvalue weighted by Crippen LogP contribution is -2.31. The summed E-state index contributed by atoms with van der Waals surface area (Å²) in [6.45, 7) is 3.30. The molecule has 5 nitrogen and oxygen atoms in total. The number of unbranched alkanes of at least 4 members (excludes halogenated alkanes) is 1. The second-order valence-corrected chi connectivity index (χ2v) is 6.92. The van der Waals surface area contributed by atoms with Crippen molar-refractivity contribution < 1.29 is 9.53 Å². The molecule has 0 spiro atoms. The van der Waals surface area contributed by atoms with Crippen LogP contribution in [0.15, 0.2) is 34.9 Å². The average molecular weight is 392 g/mol. The molecule has 1 saturated heterocycles. The van der Waals surface area contributed by atoms with Crippen molar-refractivity contribution in [2.75, 3.05) is 13.2 Å². The molecule has 0 saturated carbocycles. The third kappa shape index (κ3) is 3.80. The number of nitrogens with zero attached hydrogens (tertiary/aromatic N) is 2. The van der Waals surface area contributed by atoms with Gasteiger partial charge in [-0.3, -0.25) is 4.90 Å². The minimum Gasteiger partial charge on any atom is -0.449 e. The number of likely N-dealkylation sites (tertiary alicyclic amines) is 1. The zero-order chi connectivity index (χ0) is 16.9. The molecular formula is C18H22BrN3O2. The van der Waals surface area contributed by atoms with Gasteiger partial charge in [0.05, 0.1) is 24.5 Å².